The summed E-state index contributed by atoms with van der Waals surface area (Å²) < 4.78 is 10.8. The molecule has 138 valence electrons. The van der Waals surface area contributed by atoms with Crippen LogP contribution in [0.25, 0.3) is 0 Å². The number of benzene rings is 2. The average molecular weight is 364 g/mol. The van der Waals surface area contributed by atoms with Crippen molar-refractivity contribution in [3.8, 4) is 11.5 Å². The third-order valence-electron chi connectivity index (χ3n) is 3.60. The molecular weight excluding hydrogens is 344 g/mol. The molecule has 2 N–H and O–H groups in total. The standard InChI is InChI=1S/C20H20N4O3/c1-26-12-11-21-19-14-22-17(13-23-19)20(25)24-16-9-5-6-10-18(16)27-15-7-3-2-4-8-15/h2-10,13-14H,11-12H2,1H3,(H,21,23)(H,24,25). The maximum atomic E-state index is 12.5. The van der Waals surface area contributed by atoms with Crippen molar-refractivity contribution in [2.45, 2.75) is 0 Å². The molecule has 1 amide bonds. The maximum Gasteiger partial charge on any atom is 0.275 e. The van der Waals surface area contributed by atoms with Gasteiger partial charge in [-0.15, -0.1) is 0 Å². The number of nitrogens with zero attached hydrogens (tertiary/aromatic N) is 2. The SMILES string of the molecule is COCCNc1cnc(C(=O)Nc2ccccc2Oc2ccccc2)cn1. The summed E-state index contributed by atoms with van der Waals surface area (Å²) in [6.07, 6.45) is 2.93. The van der Waals surface area contributed by atoms with E-state index in [4.69, 9.17) is 9.47 Å². The van der Waals surface area contributed by atoms with Crippen molar-refractivity contribution in [2.75, 3.05) is 30.9 Å². The highest BCUT2D eigenvalue weighted by Crippen LogP contribution is 2.29. The van der Waals surface area contributed by atoms with E-state index in [9.17, 15) is 4.79 Å². The Kier molecular flexibility index (Phi) is 6.32. The summed E-state index contributed by atoms with van der Waals surface area (Å²) in [4.78, 5) is 20.8. The Hall–Kier alpha value is -3.45. The zero-order valence-electron chi connectivity index (χ0n) is 14.9. The number of para-hydroxylation sites is 3. The van der Waals surface area contributed by atoms with Crippen LogP contribution in [0.2, 0.25) is 0 Å². The van der Waals surface area contributed by atoms with E-state index < -0.39 is 0 Å². The Morgan fingerprint density at radius 2 is 1.78 bits per heavy atom. The van der Waals surface area contributed by atoms with E-state index in [0.29, 0.717) is 36.2 Å². The van der Waals surface area contributed by atoms with Gasteiger partial charge in [0, 0.05) is 13.7 Å². The maximum absolute atomic E-state index is 12.5. The molecule has 0 atom stereocenters. The Bertz CT molecular complexity index is 870. The topological polar surface area (TPSA) is 85.4 Å². The number of ether oxygens (including phenoxy) is 2. The van der Waals surface area contributed by atoms with Crippen LogP contribution in [0.5, 0.6) is 11.5 Å². The molecule has 0 saturated heterocycles. The van der Waals surface area contributed by atoms with Gasteiger partial charge in [0.25, 0.3) is 5.91 Å². The Balaban J connectivity index is 1.67. The van der Waals surface area contributed by atoms with Crippen LogP contribution in [-0.4, -0.2) is 36.1 Å². The molecule has 1 heterocycles. The first-order chi connectivity index (χ1) is 13.3. The Morgan fingerprint density at radius 1 is 1.00 bits per heavy atom. The summed E-state index contributed by atoms with van der Waals surface area (Å²) in [5.41, 5.74) is 0.761. The van der Waals surface area contributed by atoms with E-state index in [2.05, 4.69) is 20.6 Å². The summed E-state index contributed by atoms with van der Waals surface area (Å²) >= 11 is 0. The van der Waals surface area contributed by atoms with E-state index >= 15 is 0 Å². The number of aromatic nitrogens is 2. The lowest BCUT2D eigenvalue weighted by molar-refractivity contribution is 0.102. The molecular formula is C20H20N4O3. The molecule has 0 aliphatic heterocycles. The molecule has 0 spiro atoms. The predicted molar refractivity (Wildman–Crippen MR) is 103 cm³/mol. The molecule has 27 heavy (non-hydrogen) atoms. The van der Waals surface area contributed by atoms with Gasteiger partial charge in [-0.2, -0.15) is 0 Å². The van der Waals surface area contributed by atoms with Crippen LogP contribution < -0.4 is 15.4 Å². The van der Waals surface area contributed by atoms with Gasteiger partial charge in [-0.3, -0.25) is 4.79 Å². The molecule has 0 unspecified atom stereocenters. The second-order valence-corrected chi connectivity index (χ2v) is 5.57. The summed E-state index contributed by atoms with van der Waals surface area (Å²) in [7, 11) is 1.63. The predicted octanol–water partition coefficient (Wildman–Crippen LogP) is 3.58. The van der Waals surface area contributed by atoms with E-state index in [1.54, 1.807) is 19.2 Å². The second-order valence-electron chi connectivity index (χ2n) is 5.57. The van der Waals surface area contributed by atoms with Crippen LogP contribution in [0.3, 0.4) is 0 Å². The highest BCUT2D eigenvalue weighted by molar-refractivity contribution is 6.03. The van der Waals surface area contributed by atoms with E-state index in [1.165, 1.54) is 12.4 Å². The highest BCUT2D eigenvalue weighted by Gasteiger charge is 2.12. The van der Waals surface area contributed by atoms with Gasteiger partial charge >= 0.3 is 0 Å². The van der Waals surface area contributed by atoms with E-state index in [-0.39, 0.29) is 11.6 Å². The van der Waals surface area contributed by atoms with Gasteiger partial charge in [-0.1, -0.05) is 30.3 Å². The van der Waals surface area contributed by atoms with Gasteiger partial charge in [0.2, 0.25) is 0 Å². The number of anilines is 2. The quantitative estimate of drug-likeness (QED) is 0.594. The molecule has 0 aliphatic rings. The summed E-state index contributed by atoms with van der Waals surface area (Å²) in [6.45, 7) is 1.17. The number of carbonyl (C=O) groups is 1. The monoisotopic (exact) mass is 364 g/mol. The van der Waals surface area contributed by atoms with Gasteiger partial charge in [0.15, 0.2) is 5.75 Å². The smallest absolute Gasteiger partial charge is 0.275 e. The van der Waals surface area contributed by atoms with Crippen LogP contribution in [0.4, 0.5) is 11.5 Å². The third kappa shape index (κ3) is 5.26. The summed E-state index contributed by atoms with van der Waals surface area (Å²) in [5.74, 6) is 1.44. The summed E-state index contributed by atoms with van der Waals surface area (Å²) in [5, 5.41) is 5.86. The van der Waals surface area contributed by atoms with Gasteiger partial charge < -0.3 is 20.1 Å². The number of rotatable bonds is 8. The van der Waals surface area contributed by atoms with Crippen molar-refractivity contribution in [1.29, 1.82) is 0 Å². The lowest BCUT2D eigenvalue weighted by Gasteiger charge is -2.12. The number of hydrogen-bond donors (Lipinski definition) is 2. The van der Waals surface area contributed by atoms with Crippen LogP contribution >= 0.6 is 0 Å². The fourth-order valence-electron chi connectivity index (χ4n) is 2.28. The van der Waals surface area contributed by atoms with E-state index in [0.717, 1.165) is 0 Å². The summed E-state index contributed by atoms with van der Waals surface area (Å²) in [6, 6.07) is 16.6. The molecule has 3 rings (SSSR count). The first-order valence-corrected chi connectivity index (χ1v) is 8.44. The van der Waals surface area contributed by atoms with Crippen LogP contribution in [0, 0.1) is 0 Å². The molecule has 0 aliphatic carbocycles. The Labute approximate surface area is 157 Å². The molecule has 1 aromatic heterocycles. The second kappa shape index (κ2) is 9.30. The fourth-order valence-corrected chi connectivity index (χ4v) is 2.28. The molecule has 0 radical (unpaired) electrons. The number of methoxy groups -OCH3 is 1. The van der Waals surface area contributed by atoms with Crippen LogP contribution in [-0.2, 0) is 4.74 Å². The first-order valence-electron chi connectivity index (χ1n) is 8.44. The van der Waals surface area contributed by atoms with Crippen LogP contribution in [0.15, 0.2) is 67.0 Å². The number of hydrogen-bond acceptors (Lipinski definition) is 6. The van der Waals surface area contributed by atoms with Crippen molar-refractivity contribution in [1.82, 2.24) is 9.97 Å². The molecule has 7 nitrogen and oxygen atoms in total. The minimum atomic E-state index is -0.366. The minimum absolute atomic E-state index is 0.210. The molecule has 0 fully saturated rings. The molecule has 2 aromatic carbocycles. The van der Waals surface area contributed by atoms with Crippen molar-refractivity contribution in [3.05, 3.63) is 72.7 Å². The van der Waals surface area contributed by atoms with Crippen molar-refractivity contribution >= 4 is 17.4 Å². The van der Waals surface area contributed by atoms with Crippen molar-refractivity contribution in [2.24, 2.45) is 0 Å². The molecule has 7 heteroatoms. The normalized spacial score (nSPS) is 10.3. The van der Waals surface area contributed by atoms with Gasteiger partial charge in [0.05, 0.1) is 24.7 Å². The number of amides is 1. The van der Waals surface area contributed by atoms with Crippen LogP contribution in [0.1, 0.15) is 10.5 Å². The Morgan fingerprint density at radius 3 is 2.52 bits per heavy atom. The van der Waals surface area contributed by atoms with Crippen molar-refractivity contribution < 1.29 is 14.3 Å². The third-order valence-corrected chi connectivity index (χ3v) is 3.60. The zero-order valence-corrected chi connectivity index (χ0v) is 14.9. The average Bonchev–Trinajstić information content (AvgIpc) is 2.71. The number of nitrogens with one attached hydrogen (secondary N) is 2. The van der Waals surface area contributed by atoms with Gasteiger partial charge in [-0.05, 0) is 24.3 Å². The fraction of sp³-hybridized carbons (Fsp3) is 0.150. The number of carbonyl (C=O) groups excluding carboxylic acids is 1. The molecule has 0 saturated carbocycles. The first kappa shape index (κ1) is 18.3. The van der Waals surface area contributed by atoms with E-state index in [1.807, 2.05) is 42.5 Å². The molecule has 3 aromatic rings. The minimum Gasteiger partial charge on any atom is -0.455 e. The lowest BCUT2D eigenvalue weighted by Crippen LogP contribution is -2.15. The molecule has 0 bridgehead atoms. The van der Waals surface area contributed by atoms with Crippen molar-refractivity contribution in [3.63, 3.8) is 0 Å². The van der Waals surface area contributed by atoms with Gasteiger partial charge in [0.1, 0.15) is 17.3 Å². The lowest BCUT2D eigenvalue weighted by atomic mass is 10.2. The zero-order chi connectivity index (χ0) is 18.9. The highest BCUT2D eigenvalue weighted by atomic mass is 16.5. The largest absolute Gasteiger partial charge is 0.455 e. The van der Waals surface area contributed by atoms with Gasteiger partial charge in [-0.25, -0.2) is 9.97 Å².